The fourth-order valence-electron chi connectivity index (χ4n) is 1.93. The average Bonchev–Trinajstić information content (AvgIpc) is 2.36. The molecule has 0 bridgehead atoms. The first-order valence-corrected chi connectivity index (χ1v) is 6.82. The van der Waals surface area contributed by atoms with E-state index in [0.29, 0.717) is 18.7 Å². The van der Waals surface area contributed by atoms with Crippen molar-refractivity contribution in [2.75, 3.05) is 26.2 Å². The SMILES string of the molecule is Cc1cc(Br)cc(C(=O)NCC2CNCCO2)c1. The van der Waals surface area contributed by atoms with Crippen molar-refractivity contribution in [2.24, 2.45) is 0 Å². The van der Waals surface area contributed by atoms with Crippen molar-refractivity contribution >= 4 is 21.8 Å². The van der Waals surface area contributed by atoms with Gasteiger partial charge in [0.15, 0.2) is 0 Å². The van der Waals surface area contributed by atoms with E-state index in [2.05, 4.69) is 26.6 Å². The highest BCUT2D eigenvalue weighted by Crippen LogP contribution is 2.15. The van der Waals surface area contributed by atoms with E-state index in [9.17, 15) is 4.79 Å². The van der Waals surface area contributed by atoms with E-state index in [0.717, 1.165) is 23.1 Å². The minimum atomic E-state index is -0.0615. The Morgan fingerprint density at radius 3 is 3.06 bits per heavy atom. The molecule has 1 aliphatic rings. The molecule has 2 rings (SSSR count). The minimum Gasteiger partial charge on any atom is -0.374 e. The molecule has 0 aromatic heterocycles. The first-order chi connectivity index (χ1) is 8.65. The highest BCUT2D eigenvalue weighted by Gasteiger charge is 2.15. The molecular formula is C13H17BrN2O2. The number of aryl methyl sites for hydroxylation is 1. The van der Waals surface area contributed by atoms with Crippen molar-refractivity contribution in [1.29, 1.82) is 0 Å². The summed E-state index contributed by atoms with van der Waals surface area (Å²) in [6, 6.07) is 5.67. The Hall–Kier alpha value is -0.910. The Labute approximate surface area is 115 Å². The number of carbonyl (C=O) groups is 1. The quantitative estimate of drug-likeness (QED) is 0.889. The molecule has 98 valence electrons. The van der Waals surface area contributed by atoms with Gasteiger partial charge in [-0.2, -0.15) is 0 Å². The third-order valence-corrected chi connectivity index (χ3v) is 3.26. The first kappa shape index (κ1) is 13.5. The molecule has 0 saturated carbocycles. The Bertz CT molecular complexity index is 411. The highest BCUT2D eigenvalue weighted by atomic mass is 79.9. The van der Waals surface area contributed by atoms with Crippen LogP contribution >= 0.6 is 15.9 Å². The summed E-state index contributed by atoms with van der Waals surface area (Å²) in [5.74, 6) is -0.0615. The van der Waals surface area contributed by atoms with Crippen LogP contribution in [0, 0.1) is 6.92 Å². The molecule has 0 aliphatic carbocycles. The Balaban J connectivity index is 1.90. The van der Waals surface area contributed by atoms with Gasteiger partial charge in [0.05, 0.1) is 12.7 Å². The van der Waals surface area contributed by atoms with Gasteiger partial charge in [0.25, 0.3) is 5.91 Å². The van der Waals surface area contributed by atoms with E-state index < -0.39 is 0 Å². The van der Waals surface area contributed by atoms with Gasteiger partial charge in [-0.3, -0.25) is 4.79 Å². The van der Waals surface area contributed by atoms with E-state index in [1.54, 1.807) is 0 Å². The number of nitrogens with one attached hydrogen (secondary N) is 2. The van der Waals surface area contributed by atoms with Crippen LogP contribution < -0.4 is 10.6 Å². The lowest BCUT2D eigenvalue weighted by Crippen LogP contribution is -2.45. The molecule has 0 spiro atoms. The molecular weight excluding hydrogens is 296 g/mol. The Morgan fingerprint density at radius 1 is 1.56 bits per heavy atom. The molecule has 0 radical (unpaired) electrons. The van der Waals surface area contributed by atoms with Gasteiger partial charge in [-0.1, -0.05) is 15.9 Å². The number of rotatable bonds is 3. The fourth-order valence-corrected chi connectivity index (χ4v) is 2.53. The lowest BCUT2D eigenvalue weighted by atomic mass is 10.1. The predicted molar refractivity (Wildman–Crippen MR) is 73.8 cm³/mol. The molecule has 1 fully saturated rings. The van der Waals surface area contributed by atoms with Crippen LogP contribution in [0.25, 0.3) is 0 Å². The minimum absolute atomic E-state index is 0.0615. The molecule has 1 atom stereocenters. The summed E-state index contributed by atoms with van der Waals surface area (Å²) < 4.78 is 6.44. The van der Waals surface area contributed by atoms with Gasteiger partial charge in [0.1, 0.15) is 0 Å². The van der Waals surface area contributed by atoms with Gasteiger partial charge in [0, 0.05) is 29.7 Å². The first-order valence-electron chi connectivity index (χ1n) is 6.03. The summed E-state index contributed by atoms with van der Waals surface area (Å²) in [5.41, 5.74) is 1.73. The molecule has 1 amide bonds. The van der Waals surface area contributed by atoms with Crippen molar-refractivity contribution in [3.63, 3.8) is 0 Å². The number of amides is 1. The number of morpholine rings is 1. The smallest absolute Gasteiger partial charge is 0.251 e. The molecule has 5 heteroatoms. The predicted octanol–water partition coefficient (Wildman–Crippen LogP) is 1.48. The van der Waals surface area contributed by atoms with Crippen LogP contribution in [0.3, 0.4) is 0 Å². The van der Waals surface area contributed by atoms with Crippen LogP contribution in [0.2, 0.25) is 0 Å². The largest absolute Gasteiger partial charge is 0.374 e. The second-order valence-corrected chi connectivity index (χ2v) is 5.34. The van der Waals surface area contributed by atoms with E-state index in [4.69, 9.17) is 4.74 Å². The van der Waals surface area contributed by atoms with Gasteiger partial charge in [-0.15, -0.1) is 0 Å². The van der Waals surface area contributed by atoms with Crippen LogP contribution in [0.5, 0.6) is 0 Å². The van der Waals surface area contributed by atoms with Crippen molar-refractivity contribution in [1.82, 2.24) is 10.6 Å². The maximum Gasteiger partial charge on any atom is 0.251 e. The highest BCUT2D eigenvalue weighted by molar-refractivity contribution is 9.10. The number of halogens is 1. The maximum absolute atomic E-state index is 12.0. The summed E-state index contributed by atoms with van der Waals surface area (Å²) in [7, 11) is 0. The summed E-state index contributed by atoms with van der Waals surface area (Å²) in [6.07, 6.45) is 0.0657. The van der Waals surface area contributed by atoms with E-state index >= 15 is 0 Å². The normalized spacial score (nSPS) is 19.6. The third kappa shape index (κ3) is 3.80. The summed E-state index contributed by atoms with van der Waals surface area (Å²) in [4.78, 5) is 12.0. The lowest BCUT2D eigenvalue weighted by Gasteiger charge is -2.23. The van der Waals surface area contributed by atoms with Gasteiger partial charge in [0.2, 0.25) is 0 Å². The molecule has 1 unspecified atom stereocenters. The standard InChI is InChI=1S/C13H17BrN2O2/c1-9-4-10(6-11(14)5-9)13(17)16-8-12-7-15-2-3-18-12/h4-6,12,15H,2-3,7-8H2,1H3,(H,16,17). The topological polar surface area (TPSA) is 50.4 Å². The van der Waals surface area contributed by atoms with E-state index in [1.807, 2.05) is 25.1 Å². The van der Waals surface area contributed by atoms with Crippen LogP contribution in [0.1, 0.15) is 15.9 Å². The van der Waals surface area contributed by atoms with Crippen LogP contribution in [-0.2, 0) is 4.74 Å². The molecule has 1 aromatic carbocycles. The third-order valence-electron chi connectivity index (χ3n) is 2.80. The maximum atomic E-state index is 12.0. The summed E-state index contributed by atoms with van der Waals surface area (Å²) in [6.45, 7) is 4.89. The van der Waals surface area contributed by atoms with Crippen molar-refractivity contribution in [3.05, 3.63) is 33.8 Å². The lowest BCUT2D eigenvalue weighted by molar-refractivity contribution is 0.0287. The fraction of sp³-hybridized carbons (Fsp3) is 0.462. The van der Waals surface area contributed by atoms with E-state index in [1.165, 1.54) is 0 Å². The zero-order valence-corrected chi connectivity index (χ0v) is 11.9. The monoisotopic (exact) mass is 312 g/mol. The molecule has 2 N–H and O–H groups in total. The number of hydrogen-bond donors (Lipinski definition) is 2. The van der Waals surface area contributed by atoms with Gasteiger partial charge < -0.3 is 15.4 Å². The second kappa shape index (κ2) is 6.31. The Kier molecular flexibility index (Phi) is 4.74. The summed E-state index contributed by atoms with van der Waals surface area (Å²) in [5, 5.41) is 6.13. The van der Waals surface area contributed by atoms with Gasteiger partial charge >= 0.3 is 0 Å². The van der Waals surface area contributed by atoms with E-state index in [-0.39, 0.29) is 12.0 Å². The van der Waals surface area contributed by atoms with Crippen molar-refractivity contribution in [3.8, 4) is 0 Å². The molecule has 1 aromatic rings. The van der Waals surface area contributed by atoms with Crippen LogP contribution in [0.15, 0.2) is 22.7 Å². The molecule has 4 nitrogen and oxygen atoms in total. The molecule has 1 heterocycles. The molecule has 1 aliphatic heterocycles. The number of benzene rings is 1. The van der Waals surface area contributed by atoms with Crippen LogP contribution in [0.4, 0.5) is 0 Å². The average molecular weight is 313 g/mol. The van der Waals surface area contributed by atoms with Crippen molar-refractivity contribution < 1.29 is 9.53 Å². The number of carbonyl (C=O) groups excluding carboxylic acids is 1. The number of ether oxygens (including phenoxy) is 1. The zero-order chi connectivity index (χ0) is 13.0. The molecule has 18 heavy (non-hydrogen) atoms. The van der Waals surface area contributed by atoms with Gasteiger partial charge in [-0.05, 0) is 30.7 Å². The van der Waals surface area contributed by atoms with Crippen LogP contribution in [-0.4, -0.2) is 38.3 Å². The Morgan fingerprint density at radius 2 is 2.39 bits per heavy atom. The zero-order valence-electron chi connectivity index (χ0n) is 10.3. The summed E-state index contributed by atoms with van der Waals surface area (Å²) >= 11 is 3.39. The second-order valence-electron chi connectivity index (χ2n) is 4.42. The molecule has 1 saturated heterocycles. The number of hydrogen-bond acceptors (Lipinski definition) is 3. The van der Waals surface area contributed by atoms with Gasteiger partial charge in [-0.25, -0.2) is 0 Å². The van der Waals surface area contributed by atoms with Crippen molar-refractivity contribution in [2.45, 2.75) is 13.0 Å².